The number of anilines is 1. The molecular formula is C26H34N2O. The average molecular weight is 391 g/mol. The van der Waals surface area contributed by atoms with Gasteiger partial charge in [-0.05, 0) is 66.5 Å². The Kier molecular flexibility index (Phi) is 7.51. The quantitative estimate of drug-likeness (QED) is 0.595. The summed E-state index contributed by atoms with van der Waals surface area (Å²) in [6.07, 6.45) is 7.73. The van der Waals surface area contributed by atoms with Crippen molar-refractivity contribution in [2.75, 3.05) is 18.4 Å². The summed E-state index contributed by atoms with van der Waals surface area (Å²) in [5.41, 5.74) is 5.11. The highest BCUT2D eigenvalue weighted by molar-refractivity contribution is 5.87. The fourth-order valence-electron chi connectivity index (χ4n) is 3.91. The Morgan fingerprint density at radius 2 is 1.90 bits per heavy atom. The van der Waals surface area contributed by atoms with E-state index in [1.165, 1.54) is 16.7 Å². The second-order valence-corrected chi connectivity index (χ2v) is 8.37. The summed E-state index contributed by atoms with van der Waals surface area (Å²) in [6, 6.07) is 17.7. The molecule has 2 aromatic carbocycles. The highest BCUT2D eigenvalue weighted by Gasteiger charge is 2.21. The lowest BCUT2D eigenvalue weighted by Gasteiger charge is -2.32. The van der Waals surface area contributed by atoms with Gasteiger partial charge in [0, 0.05) is 24.8 Å². The number of piperidine rings is 1. The molecule has 1 heterocycles. The molecule has 2 aromatic rings. The number of aryl methyl sites for hydroxylation is 1. The van der Waals surface area contributed by atoms with Gasteiger partial charge in [-0.1, -0.05) is 63.2 Å². The Labute approximate surface area is 175 Å². The number of rotatable bonds is 7. The normalized spacial score (nSPS) is 15.2. The van der Waals surface area contributed by atoms with Crippen molar-refractivity contribution in [1.29, 1.82) is 0 Å². The lowest BCUT2D eigenvalue weighted by molar-refractivity contribution is -0.126. The van der Waals surface area contributed by atoms with Crippen molar-refractivity contribution in [3.63, 3.8) is 0 Å². The Balaban J connectivity index is 1.57. The Morgan fingerprint density at radius 1 is 1.14 bits per heavy atom. The maximum atomic E-state index is 12.3. The number of carbonyl (C=O) groups is 1. The highest BCUT2D eigenvalue weighted by atomic mass is 16.2. The van der Waals surface area contributed by atoms with Crippen molar-refractivity contribution in [1.82, 2.24) is 4.90 Å². The van der Waals surface area contributed by atoms with Gasteiger partial charge in [-0.25, -0.2) is 0 Å². The standard InChI is InChI=1S/C26H34N2O/c1-4-21-10-5-6-13-25(21)22-11-8-12-24(19-22)27-23-15-17-28(18-16-23)26(29)14-7-9-20(2)3/h5-8,10-14,19-20,23,27H,4,9,15-18H2,1-3H3/b14-7+. The number of carbonyl (C=O) groups excluding carboxylic acids is 1. The third kappa shape index (κ3) is 5.96. The van der Waals surface area contributed by atoms with Crippen LogP contribution in [0.5, 0.6) is 0 Å². The molecule has 3 rings (SSSR count). The van der Waals surface area contributed by atoms with Gasteiger partial charge >= 0.3 is 0 Å². The Hall–Kier alpha value is -2.55. The summed E-state index contributed by atoms with van der Waals surface area (Å²) in [4.78, 5) is 14.3. The van der Waals surface area contributed by atoms with Crippen molar-refractivity contribution in [3.05, 3.63) is 66.2 Å². The number of nitrogens with one attached hydrogen (secondary N) is 1. The molecule has 0 atom stereocenters. The van der Waals surface area contributed by atoms with E-state index in [2.05, 4.69) is 74.6 Å². The van der Waals surface area contributed by atoms with E-state index in [4.69, 9.17) is 0 Å². The molecule has 0 unspecified atom stereocenters. The molecule has 1 aliphatic heterocycles. The smallest absolute Gasteiger partial charge is 0.246 e. The number of hydrogen-bond donors (Lipinski definition) is 1. The second-order valence-electron chi connectivity index (χ2n) is 8.37. The SMILES string of the molecule is CCc1ccccc1-c1cccc(NC2CCN(C(=O)/C=C/CC(C)C)CC2)c1. The molecule has 0 bridgehead atoms. The Morgan fingerprint density at radius 3 is 2.62 bits per heavy atom. The maximum Gasteiger partial charge on any atom is 0.246 e. The summed E-state index contributed by atoms with van der Waals surface area (Å²) >= 11 is 0. The zero-order valence-electron chi connectivity index (χ0n) is 18.0. The van der Waals surface area contributed by atoms with Gasteiger partial charge in [-0.3, -0.25) is 4.79 Å². The first-order valence-corrected chi connectivity index (χ1v) is 11.0. The van der Waals surface area contributed by atoms with Gasteiger partial charge in [0.05, 0.1) is 0 Å². The van der Waals surface area contributed by atoms with E-state index in [0.717, 1.165) is 44.5 Å². The van der Waals surface area contributed by atoms with Gasteiger partial charge in [0.2, 0.25) is 5.91 Å². The fraction of sp³-hybridized carbons (Fsp3) is 0.423. The molecule has 0 saturated carbocycles. The molecule has 1 N–H and O–H groups in total. The van der Waals surface area contributed by atoms with E-state index in [0.29, 0.717) is 12.0 Å². The van der Waals surface area contributed by atoms with Gasteiger partial charge in [-0.15, -0.1) is 0 Å². The van der Waals surface area contributed by atoms with E-state index < -0.39 is 0 Å². The van der Waals surface area contributed by atoms with Crippen molar-refractivity contribution >= 4 is 11.6 Å². The highest BCUT2D eigenvalue weighted by Crippen LogP contribution is 2.27. The zero-order chi connectivity index (χ0) is 20.6. The number of benzene rings is 2. The zero-order valence-corrected chi connectivity index (χ0v) is 18.0. The molecule has 1 amide bonds. The van der Waals surface area contributed by atoms with E-state index in [1.54, 1.807) is 6.08 Å². The van der Waals surface area contributed by atoms with Crippen LogP contribution >= 0.6 is 0 Å². The van der Waals surface area contributed by atoms with Crippen LogP contribution in [-0.2, 0) is 11.2 Å². The van der Waals surface area contributed by atoms with Crippen molar-refractivity contribution in [3.8, 4) is 11.1 Å². The first-order chi connectivity index (χ1) is 14.1. The molecule has 0 radical (unpaired) electrons. The van der Waals surface area contributed by atoms with Crippen LogP contribution in [0, 0.1) is 5.92 Å². The molecule has 3 nitrogen and oxygen atoms in total. The van der Waals surface area contributed by atoms with Crippen molar-refractivity contribution < 1.29 is 4.79 Å². The van der Waals surface area contributed by atoms with E-state index in [9.17, 15) is 4.79 Å². The fourth-order valence-corrected chi connectivity index (χ4v) is 3.91. The maximum absolute atomic E-state index is 12.3. The summed E-state index contributed by atoms with van der Waals surface area (Å²) in [7, 11) is 0. The molecule has 3 heteroatoms. The summed E-state index contributed by atoms with van der Waals surface area (Å²) in [5, 5.41) is 3.69. The number of allylic oxidation sites excluding steroid dienone is 1. The Bertz CT molecular complexity index is 832. The minimum Gasteiger partial charge on any atom is -0.382 e. The van der Waals surface area contributed by atoms with Crippen molar-refractivity contribution in [2.24, 2.45) is 5.92 Å². The van der Waals surface area contributed by atoms with Crippen molar-refractivity contribution in [2.45, 2.75) is 52.5 Å². The van der Waals surface area contributed by atoms with Crippen LogP contribution in [0.2, 0.25) is 0 Å². The summed E-state index contributed by atoms with van der Waals surface area (Å²) in [5.74, 6) is 0.747. The van der Waals surface area contributed by atoms with Gasteiger partial charge in [0.1, 0.15) is 0 Å². The number of hydrogen-bond acceptors (Lipinski definition) is 2. The predicted molar refractivity (Wildman–Crippen MR) is 123 cm³/mol. The molecular weight excluding hydrogens is 356 g/mol. The lowest BCUT2D eigenvalue weighted by Crippen LogP contribution is -2.41. The molecule has 29 heavy (non-hydrogen) atoms. The van der Waals surface area contributed by atoms with Crippen LogP contribution in [0.25, 0.3) is 11.1 Å². The lowest BCUT2D eigenvalue weighted by atomic mass is 9.97. The molecule has 1 fully saturated rings. The number of likely N-dealkylation sites (tertiary alicyclic amines) is 1. The number of amides is 1. The summed E-state index contributed by atoms with van der Waals surface area (Å²) in [6.45, 7) is 8.18. The first-order valence-electron chi connectivity index (χ1n) is 11.0. The van der Waals surface area contributed by atoms with Crippen LogP contribution in [0.3, 0.4) is 0 Å². The van der Waals surface area contributed by atoms with E-state index in [1.807, 2.05) is 11.0 Å². The largest absolute Gasteiger partial charge is 0.382 e. The third-order valence-corrected chi connectivity index (χ3v) is 5.62. The molecule has 154 valence electrons. The van der Waals surface area contributed by atoms with Gasteiger partial charge in [-0.2, -0.15) is 0 Å². The third-order valence-electron chi connectivity index (χ3n) is 5.62. The molecule has 0 aliphatic carbocycles. The van der Waals surface area contributed by atoms with E-state index in [-0.39, 0.29) is 5.91 Å². The average Bonchev–Trinajstić information content (AvgIpc) is 2.74. The van der Waals surface area contributed by atoms with E-state index >= 15 is 0 Å². The molecule has 0 aromatic heterocycles. The monoisotopic (exact) mass is 390 g/mol. The molecule has 1 aliphatic rings. The van der Waals surface area contributed by atoms with Crippen LogP contribution < -0.4 is 5.32 Å². The minimum atomic E-state index is 0.155. The van der Waals surface area contributed by atoms with Gasteiger partial charge in [0.15, 0.2) is 0 Å². The topological polar surface area (TPSA) is 32.3 Å². The first kappa shape index (κ1) is 21.2. The van der Waals surface area contributed by atoms with Crippen LogP contribution in [-0.4, -0.2) is 29.9 Å². The van der Waals surface area contributed by atoms with Crippen LogP contribution in [0.4, 0.5) is 5.69 Å². The second kappa shape index (κ2) is 10.3. The molecule has 1 saturated heterocycles. The molecule has 0 spiro atoms. The summed E-state index contributed by atoms with van der Waals surface area (Å²) < 4.78 is 0. The number of nitrogens with zero attached hydrogens (tertiary/aromatic N) is 1. The minimum absolute atomic E-state index is 0.155. The van der Waals surface area contributed by atoms with Gasteiger partial charge < -0.3 is 10.2 Å². The van der Waals surface area contributed by atoms with Crippen LogP contribution in [0.15, 0.2) is 60.7 Å². The van der Waals surface area contributed by atoms with Crippen LogP contribution in [0.1, 0.15) is 45.6 Å². The van der Waals surface area contributed by atoms with Gasteiger partial charge in [0.25, 0.3) is 0 Å². The predicted octanol–water partition coefficient (Wildman–Crippen LogP) is 5.92.